The summed E-state index contributed by atoms with van der Waals surface area (Å²) in [5.74, 6) is -0.438. The summed E-state index contributed by atoms with van der Waals surface area (Å²) in [5, 5.41) is 2.09. The Morgan fingerprint density at radius 1 is 1.29 bits per heavy atom. The molecule has 0 atom stereocenters. The average molecular weight is 205 g/mol. The van der Waals surface area contributed by atoms with Gasteiger partial charge in [0.15, 0.2) is 5.75 Å². The zero-order valence-corrected chi connectivity index (χ0v) is 6.84. The molecule has 0 radical (unpaired) electrons. The van der Waals surface area contributed by atoms with Crippen molar-refractivity contribution >= 4 is 12.1 Å². The second kappa shape index (κ2) is 3.99. The van der Waals surface area contributed by atoms with Crippen molar-refractivity contribution in [3.05, 3.63) is 24.3 Å². The number of hydrogen-bond donors (Lipinski definition) is 1. The van der Waals surface area contributed by atoms with E-state index in [1.165, 1.54) is 18.2 Å². The highest BCUT2D eigenvalue weighted by atomic mass is 19.4. The van der Waals surface area contributed by atoms with Crippen molar-refractivity contribution in [1.29, 1.82) is 0 Å². The topological polar surface area (TPSA) is 38.3 Å². The predicted molar refractivity (Wildman–Crippen MR) is 42.8 cm³/mol. The maximum Gasteiger partial charge on any atom is 0.573 e. The largest absolute Gasteiger partial charge is 0.573 e. The number of ether oxygens (including phenoxy) is 1. The molecule has 6 heteroatoms. The van der Waals surface area contributed by atoms with Crippen molar-refractivity contribution < 1.29 is 22.7 Å². The fourth-order valence-electron chi connectivity index (χ4n) is 0.863. The van der Waals surface area contributed by atoms with Crippen LogP contribution >= 0.6 is 0 Å². The molecule has 0 unspecified atom stereocenters. The monoisotopic (exact) mass is 205 g/mol. The minimum atomic E-state index is -4.76. The van der Waals surface area contributed by atoms with E-state index in [4.69, 9.17) is 0 Å². The number of anilines is 1. The summed E-state index contributed by atoms with van der Waals surface area (Å²) in [4.78, 5) is 10.0. The van der Waals surface area contributed by atoms with E-state index in [-0.39, 0.29) is 12.1 Å². The van der Waals surface area contributed by atoms with Crippen LogP contribution in [0.4, 0.5) is 18.9 Å². The molecular weight excluding hydrogens is 199 g/mol. The molecule has 76 valence electrons. The third-order valence-corrected chi connectivity index (χ3v) is 1.33. The summed E-state index contributed by atoms with van der Waals surface area (Å²) in [7, 11) is 0. The molecule has 0 spiro atoms. The molecule has 0 aliphatic heterocycles. The first-order valence-electron chi connectivity index (χ1n) is 3.58. The molecule has 0 aliphatic carbocycles. The van der Waals surface area contributed by atoms with Crippen molar-refractivity contribution in [2.24, 2.45) is 0 Å². The van der Waals surface area contributed by atoms with Gasteiger partial charge in [-0.1, -0.05) is 12.1 Å². The minimum absolute atomic E-state index is 0.0279. The van der Waals surface area contributed by atoms with Gasteiger partial charge >= 0.3 is 6.36 Å². The molecule has 0 heterocycles. The number of rotatable bonds is 3. The fraction of sp³-hybridized carbons (Fsp3) is 0.125. The van der Waals surface area contributed by atoms with Crippen LogP contribution in [0.15, 0.2) is 24.3 Å². The summed E-state index contributed by atoms with van der Waals surface area (Å²) in [6.45, 7) is 0. The molecule has 0 saturated carbocycles. The van der Waals surface area contributed by atoms with Gasteiger partial charge in [-0.15, -0.1) is 13.2 Å². The molecule has 0 saturated heterocycles. The van der Waals surface area contributed by atoms with E-state index in [9.17, 15) is 18.0 Å². The number of benzene rings is 1. The third-order valence-electron chi connectivity index (χ3n) is 1.33. The molecule has 14 heavy (non-hydrogen) atoms. The molecule has 0 aromatic heterocycles. The zero-order chi connectivity index (χ0) is 10.6. The van der Waals surface area contributed by atoms with E-state index in [0.717, 1.165) is 6.07 Å². The van der Waals surface area contributed by atoms with Gasteiger partial charge in [0.25, 0.3) is 0 Å². The van der Waals surface area contributed by atoms with Crippen LogP contribution in [0.1, 0.15) is 0 Å². The van der Waals surface area contributed by atoms with Gasteiger partial charge in [-0.05, 0) is 12.1 Å². The van der Waals surface area contributed by atoms with Gasteiger partial charge in [0.1, 0.15) is 0 Å². The lowest BCUT2D eigenvalue weighted by Gasteiger charge is -2.11. The van der Waals surface area contributed by atoms with E-state index >= 15 is 0 Å². The van der Waals surface area contributed by atoms with Crippen molar-refractivity contribution in [1.82, 2.24) is 0 Å². The second-order valence-corrected chi connectivity index (χ2v) is 2.31. The summed E-state index contributed by atoms with van der Waals surface area (Å²) < 4.78 is 39.1. The highest BCUT2D eigenvalue weighted by molar-refractivity contribution is 5.75. The van der Waals surface area contributed by atoms with Gasteiger partial charge in [0.05, 0.1) is 5.69 Å². The Balaban J connectivity index is 2.89. The SMILES string of the molecule is O=CNc1ccccc1OC(F)(F)F. The fourth-order valence-corrected chi connectivity index (χ4v) is 0.863. The number of nitrogens with one attached hydrogen (secondary N) is 1. The summed E-state index contributed by atoms with van der Waals surface area (Å²) >= 11 is 0. The molecule has 1 rings (SSSR count). The highest BCUT2D eigenvalue weighted by Crippen LogP contribution is 2.29. The van der Waals surface area contributed by atoms with Crippen LogP contribution in [-0.2, 0) is 4.79 Å². The molecule has 0 aliphatic rings. The van der Waals surface area contributed by atoms with Gasteiger partial charge in [-0.2, -0.15) is 0 Å². The zero-order valence-electron chi connectivity index (χ0n) is 6.84. The molecule has 1 amide bonds. The first kappa shape index (κ1) is 10.4. The van der Waals surface area contributed by atoms with Crippen LogP contribution in [0.3, 0.4) is 0 Å². The van der Waals surface area contributed by atoms with E-state index in [0.29, 0.717) is 0 Å². The molecule has 1 N–H and O–H groups in total. The van der Waals surface area contributed by atoms with E-state index < -0.39 is 12.1 Å². The van der Waals surface area contributed by atoms with Crippen LogP contribution in [0, 0.1) is 0 Å². The summed E-state index contributed by atoms with van der Waals surface area (Å²) in [5.41, 5.74) is -0.0279. The van der Waals surface area contributed by atoms with E-state index in [1.807, 2.05) is 0 Å². The van der Waals surface area contributed by atoms with E-state index in [1.54, 1.807) is 0 Å². The molecular formula is C8H6F3NO2. The van der Waals surface area contributed by atoms with Crippen molar-refractivity contribution in [3.63, 3.8) is 0 Å². The number of para-hydroxylation sites is 2. The number of amides is 1. The lowest BCUT2D eigenvalue weighted by Crippen LogP contribution is -2.18. The average Bonchev–Trinajstić information content (AvgIpc) is 2.06. The molecule has 0 fully saturated rings. The van der Waals surface area contributed by atoms with Gasteiger partial charge < -0.3 is 10.1 Å². The third kappa shape index (κ3) is 2.96. The molecule has 3 nitrogen and oxygen atoms in total. The van der Waals surface area contributed by atoms with Crippen molar-refractivity contribution in [2.45, 2.75) is 6.36 Å². The molecule has 0 bridgehead atoms. The highest BCUT2D eigenvalue weighted by Gasteiger charge is 2.31. The van der Waals surface area contributed by atoms with Crippen molar-refractivity contribution in [3.8, 4) is 5.75 Å². The first-order valence-corrected chi connectivity index (χ1v) is 3.58. The number of alkyl halides is 3. The molecule has 1 aromatic rings. The van der Waals surface area contributed by atoms with E-state index in [2.05, 4.69) is 10.1 Å². The number of hydrogen-bond acceptors (Lipinski definition) is 2. The lowest BCUT2D eigenvalue weighted by molar-refractivity contribution is -0.274. The minimum Gasteiger partial charge on any atom is -0.404 e. The number of carbonyl (C=O) groups excluding carboxylic acids is 1. The standard InChI is InChI=1S/C8H6F3NO2/c9-8(10,11)14-7-4-2-1-3-6(7)12-5-13/h1-5H,(H,12,13). The Bertz CT molecular complexity index is 325. The first-order chi connectivity index (χ1) is 6.53. The predicted octanol–water partition coefficient (Wildman–Crippen LogP) is 2.15. The van der Waals surface area contributed by atoms with Gasteiger partial charge in [-0.3, -0.25) is 4.79 Å². The maximum absolute atomic E-state index is 11.8. The van der Waals surface area contributed by atoms with Crippen LogP contribution in [-0.4, -0.2) is 12.8 Å². The van der Waals surface area contributed by atoms with Crippen LogP contribution in [0.5, 0.6) is 5.75 Å². The van der Waals surface area contributed by atoms with Crippen LogP contribution in [0.2, 0.25) is 0 Å². The lowest BCUT2D eigenvalue weighted by atomic mass is 10.3. The van der Waals surface area contributed by atoms with Crippen molar-refractivity contribution in [2.75, 3.05) is 5.32 Å². The molecule has 1 aromatic carbocycles. The van der Waals surface area contributed by atoms with Gasteiger partial charge in [-0.25, -0.2) is 0 Å². The van der Waals surface area contributed by atoms with Crippen LogP contribution in [0.25, 0.3) is 0 Å². The summed E-state index contributed by atoms with van der Waals surface area (Å²) in [6.07, 6.45) is -4.49. The van der Waals surface area contributed by atoms with Gasteiger partial charge in [0.2, 0.25) is 6.41 Å². The Hall–Kier alpha value is -1.72. The Morgan fingerprint density at radius 3 is 2.50 bits per heavy atom. The normalized spacial score (nSPS) is 10.8. The second-order valence-electron chi connectivity index (χ2n) is 2.31. The summed E-state index contributed by atoms with van der Waals surface area (Å²) in [6, 6.07) is 5.26. The number of halogens is 3. The maximum atomic E-state index is 11.8. The Labute approximate surface area is 77.5 Å². The van der Waals surface area contributed by atoms with Gasteiger partial charge in [0, 0.05) is 0 Å². The quantitative estimate of drug-likeness (QED) is 0.768. The van der Waals surface area contributed by atoms with Crippen LogP contribution < -0.4 is 10.1 Å². The Morgan fingerprint density at radius 2 is 1.93 bits per heavy atom. The smallest absolute Gasteiger partial charge is 0.404 e. The number of carbonyl (C=O) groups is 1. The Kier molecular flexibility index (Phi) is 2.95.